The van der Waals surface area contributed by atoms with Crippen LogP contribution < -0.4 is 0 Å². The van der Waals surface area contributed by atoms with Gasteiger partial charge in [-0.3, -0.25) is 0 Å². The van der Waals surface area contributed by atoms with E-state index < -0.39 is 17.5 Å². The molecular formula is C21H28O4. The van der Waals surface area contributed by atoms with Crippen LogP contribution in [0.3, 0.4) is 0 Å². The largest absolute Gasteiger partial charge is 0.392 e. The standard InChI is InChI=1S/C21H28O4/c1-13-3-4-15-14(11-13)5-7-20(23)17-6-8-21(24-9-10-25-21)19(17,2)12-16(22)18(15)20/h3-4,11,16-18,22-23H,5-10,12H2,1-2H3/t16-,17-,18+,19+,20+/m1/s1. The minimum absolute atomic E-state index is 0.0981. The first-order valence-electron chi connectivity index (χ1n) is 9.67. The minimum atomic E-state index is -0.881. The summed E-state index contributed by atoms with van der Waals surface area (Å²) in [5.41, 5.74) is 2.46. The minimum Gasteiger partial charge on any atom is -0.392 e. The Morgan fingerprint density at radius 3 is 2.68 bits per heavy atom. The molecule has 0 bridgehead atoms. The molecule has 3 fully saturated rings. The summed E-state index contributed by atoms with van der Waals surface area (Å²) >= 11 is 0. The van der Waals surface area contributed by atoms with E-state index in [1.807, 2.05) is 0 Å². The zero-order valence-electron chi connectivity index (χ0n) is 15.1. The molecule has 25 heavy (non-hydrogen) atoms. The molecular weight excluding hydrogens is 316 g/mol. The maximum atomic E-state index is 11.9. The molecule has 4 aliphatic rings. The van der Waals surface area contributed by atoms with Crippen molar-refractivity contribution in [1.82, 2.24) is 0 Å². The van der Waals surface area contributed by atoms with Gasteiger partial charge in [0.1, 0.15) is 0 Å². The van der Waals surface area contributed by atoms with Crippen molar-refractivity contribution in [2.24, 2.45) is 11.3 Å². The summed E-state index contributed by atoms with van der Waals surface area (Å²) in [7, 11) is 0. The number of benzene rings is 1. The van der Waals surface area contributed by atoms with Crippen molar-refractivity contribution in [2.75, 3.05) is 13.2 Å². The third kappa shape index (κ3) is 1.92. The van der Waals surface area contributed by atoms with E-state index in [1.54, 1.807) is 0 Å². The molecule has 0 unspecified atom stereocenters. The summed E-state index contributed by atoms with van der Waals surface area (Å²) in [5.74, 6) is -0.722. The van der Waals surface area contributed by atoms with Crippen molar-refractivity contribution in [1.29, 1.82) is 0 Å². The molecule has 4 heteroatoms. The van der Waals surface area contributed by atoms with Crippen molar-refractivity contribution in [3.8, 4) is 0 Å². The highest BCUT2D eigenvalue weighted by molar-refractivity contribution is 5.41. The third-order valence-corrected chi connectivity index (χ3v) is 7.74. The molecule has 2 saturated carbocycles. The summed E-state index contributed by atoms with van der Waals surface area (Å²) in [4.78, 5) is 0. The number of aliphatic hydroxyl groups excluding tert-OH is 1. The molecule has 1 heterocycles. The molecule has 0 amide bonds. The average molecular weight is 344 g/mol. The zero-order chi connectivity index (χ0) is 17.4. The number of aliphatic hydroxyl groups is 2. The molecule has 5 atom stereocenters. The fourth-order valence-corrected chi connectivity index (χ4v) is 6.73. The van der Waals surface area contributed by atoms with Crippen LogP contribution in [0.25, 0.3) is 0 Å². The van der Waals surface area contributed by atoms with Crippen LogP contribution in [0.2, 0.25) is 0 Å². The van der Waals surface area contributed by atoms with Crippen LogP contribution in [-0.2, 0) is 15.9 Å². The van der Waals surface area contributed by atoms with E-state index in [0.29, 0.717) is 26.1 Å². The Hall–Kier alpha value is -0.940. The van der Waals surface area contributed by atoms with Gasteiger partial charge in [0, 0.05) is 17.8 Å². The lowest BCUT2D eigenvalue weighted by molar-refractivity contribution is -0.268. The molecule has 1 aliphatic heterocycles. The molecule has 0 aromatic heterocycles. The van der Waals surface area contributed by atoms with E-state index in [-0.39, 0.29) is 17.3 Å². The maximum absolute atomic E-state index is 11.9. The molecule has 1 aromatic rings. The van der Waals surface area contributed by atoms with E-state index in [0.717, 1.165) is 24.8 Å². The van der Waals surface area contributed by atoms with E-state index in [1.165, 1.54) is 11.1 Å². The van der Waals surface area contributed by atoms with Crippen molar-refractivity contribution < 1.29 is 19.7 Å². The number of ether oxygens (including phenoxy) is 2. The van der Waals surface area contributed by atoms with E-state index in [2.05, 4.69) is 32.0 Å². The van der Waals surface area contributed by atoms with Gasteiger partial charge in [-0.15, -0.1) is 0 Å². The molecule has 5 rings (SSSR count). The van der Waals surface area contributed by atoms with Crippen LogP contribution in [0.5, 0.6) is 0 Å². The van der Waals surface area contributed by atoms with Gasteiger partial charge >= 0.3 is 0 Å². The van der Waals surface area contributed by atoms with Crippen molar-refractivity contribution in [2.45, 2.75) is 69.4 Å². The second-order valence-electron chi connectivity index (χ2n) is 8.90. The molecule has 136 valence electrons. The topological polar surface area (TPSA) is 58.9 Å². The number of aryl methyl sites for hydroxylation is 2. The average Bonchev–Trinajstić information content (AvgIpc) is 3.15. The van der Waals surface area contributed by atoms with Gasteiger partial charge in [-0.2, -0.15) is 0 Å². The van der Waals surface area contributed by atoms with Crippen molar-refractivity contribution in [3.63, 3.8) is 0 Å². The highest BCUT2D eigenvalue weighted by Gasteiger charge is 2.71. The summed E-state index contributed by atoms with van der Waals surface area (Å²) in [6.07, 6.45) is 3.35. The van der Waals surface area contributed by atoms with Crippen LogP contribution >= 0.6 is 0 Å². The van der Waals surface area contributed by atoms with Crippen molar-refractivity contribution >= 4 is 0 Å². The molecule has 2 N–H and O–H groups in total. The first-order chi connectivity index (χ1) is 11.9. The Labute approximate surface area is 149 Å². The van der Waals surface area contributed by atoms with Crippen molar-refractivity contribution in [3.05, 3.63) is 34.9 Å². The van der Waals surface area contributed by atoms with Gasteiger partial charge in [0.15, 0.2) is 5.79 Å². The first kappa shape index (κ1) is 16.2. The quantitative estimate of drug-likeness (QED) is 0.760. The lowest BCUT2D eigenvalue weighted by atomic mass is 9.51. The lowest BCUT2D eigenvalue weighted by Crippen LogP contribution is -2.63. The first-order valence-corrected chi connectivity index (χ1v) is 9.67. The highest BCUT2D eigenvalue weighted by atomic mass is 16.7. The van der Waals surface area contributed by atoms with Crippen LogP contribution in [-0.4, -0.2) is 40.9 Å². The molecule has 4 nitrogen and oxygen atoms in total. The summed E-state index contributed by atoms with van der Waals surface area (Å²) in [5, 5.41) is 23.1. The zero-order valence-corrected chi connectivity index (χ0v) is 15.1. The predicted molar refractivity (Wildman–Crippen MR) is 93.3 cm³/mol. The third-order valence-electron chi connectivity index (χ3n) is 7.74. The van der Waals surface area contributed by atoms with E-state index in [9.17, 15) is 10.2 Å². The van der Waals surface area contributed by atoms with Crippen LogP contribution in [0.15, 0.2) is 18.2 Å². The van der Waals surface area contributed by atoms with Gasteiger partial charge in [-0.25, -0.2) is 0 Å². The number of hydrogen-bond acceptors (Lipinski definition) is 4. The van der Waals surface area contributed by atoms with Crippen LogP contribution in [0, 0.1) is 18.3 Å². The van der Waals surface area contributed by atoms with Gasteiger partial charge in [0.2, 0.25) is 0 Å². The Morgan fingerprint density at radius 2 is 1.92 bits per heavy atom. The Bertz CT molecular complexity index is 710. The summed E-state index contributed by atoms with van der Waals surface area (Å²) < 4.78 is 12.2. The Kier molecular flexibility index (Phi) is 3.29. The Morgan fingerprint density at radius 1 is 1.16 bits per heavy atom. The highest BCUT2D eigenvalue weighted by Crippen LogP contribution is 2.67. The van der Waals surface area contributed by atoms with Gasteiger partial charge < -0.3 is 19.7 Å². The molecule has 3 aliphatic carbocycles. The van der Waals surface area contributed by atoms with E-state index >= 15 is 0 Å². The Balaban J connectivity index is 1.61. The fourth-order valence-electron chi connectivity index (χ4n) is 6.73. The maximum Gasteiger partial charge on any atom is 0.174 e. The van der Waals surface area contributed by atoms with Crippen LogP contribution in [0.4, 0.5) is 0 Å². The summed E-state index contributed by atoms with van der Waals surface area (Å²) in [6.45, 7) is 5.49. The predicted octanol–water partition coefficient (Wildman–Crippen LogP) is 2.68. The number of hydrogen-bond donors (Lipinski definition) is 2. The molecule has 1 aromatic carbocycles. The SMILES string of the molecule is Cc1ccc2c(c1)CC[C@@]1(O)[C@@H]2[C@H](O)C[C@@]2(C)[C@H]1CCC21OCCO1. The second kappa shape index (κ2) is 5.07. The smallest absolute Gasteiger partial charge is 0.174 e. The van der Waals surface area contributed by atoms with Crippen LogP contribution in [0.1, 0.15) is 55.2 Å². The summed E-state index contributed by atoms with van der Waals surface area (Å²) in [6, 6.07) is 6.44. The molecule has 1 spiro atoms. The molecule has 1 saturated heterocycles. The van der Waals surface area contributed by atoms with E-state index in [4.69, 9.17) is 9.47 Å². The van der Waals surface area contributed by atoms with Gasteiger partial charge in [-0.05, 0) is 49.7 Å². The fraction of sp³-hybridized carbons (Fsp3) is 0.714. The van der Waals surface area contributed by atoms with Gasteiger partial charge in [-0.1, -0.05) is 30.7 Å². The van der Waals surface area contributed by atoms with Gasteiger partial charge in [0.25, 0.3) is 0 Å². The normalized spacial score (nSPS) is 44.4. The monoisotopic (exact) mass is 344 g/mol. The second-order valence-corrected chi connectivity index (χ2v) is 8.90. The van der Waals surface area contributed by atoms with Gasteiger partial charge in [0.05, 0.1) is 24.9 Å². The molecule has 0 radical (unpaired) electrons. The number of fused-ring (bicyclic) bond motifs is 6. The lowest BCUT2D eigenvalue weighted by Gasteiger charge is -2.58. The number of rotatable bonds is 0.